The minimum absolute atomic E-state index is 0.0461. The lowest BCUT2D eigenvalue weighted by Crippen LogP contribution is -2.51. The fourth-order valence-corrected chi connectivity index (χ4v) is 4.34. The van der Waals surface area contributed by atoms with Crippen LogP contribution in [0.2, 0.25) is 0 Å². The van der Waals surface area contributed by atoms with E-state index in [2.05, 4.69) is 20.5 Å². The molecule has 1 aliphatic heterocycles. The van der Waals surface area contributed by atoms with Crippen LogP contribution in [-0.4, -0.2) is 79.6 Å². The van der Waals surface area contributed by atoms with Gasteiger partial charge >= 0.3 is 0 Å². The zero-order valence-corrected chi connectivity index (χ0v) is 20.4. The number of hydrogen-bond donors (Lipinski definition) is 2. The molecule has 0 bridgehead atoms. The minimum Gasteiger partial charge on any atom is -0.497 e. The Labute approximate surface area is 208 Å². The highest BCUT2D eigenvalue weighted by Gasteiger charge is 2.24. The van der Waals surface area contributed by atoms with E-state index < -0.39 is 0 Å². The standard InChI is InChI=1S/C25H29N5O4S/c1-33-20-9-7-19(8-10-20)27-25-28-22(18-35-25)24(32)30-14-12-29(13-15-30)17-23(31)26-11-16-34-21-5-3-2-4-6-21/h2-10,18H,11-17H2,1H3,(H,26,31)(H,27,28). The lowest BCUT2D eigenvalue weighted by atomic mass is 10.3. The Morgan fingerprint density at radius 3 is 2.46 bits per heavy atom. The van der Waals surface area contributed by atoms with Gasteiger partial charge in [-0.25, -0.2) is 4.98 Å². The largest absolute Gasteiger partial charge is 0.497 e. The quantitative estimate of drug-likeness (QED) is 0.418. The highest BCUT2D eigenvalue weighted by molar-refractivity contribution is 7.14. The van der Waals surface area contributed by atoms with E-state index >= 15 is 0 Å². The summed E-state index contributed by atoms with van der Waals surface area (Å²) in [5.74, 6) is 1.42. The maximum absolute atomic E-state index is 12.9. The Hall–Kier alpha value is -3.63. The molecule has 0 atom stereocenters. The number of rotatable bonds is 10. The third kappa shape index (κ3) is 7.17. The van der Waals surface area contributed by atoms with Crippen molar-refractivity contribution in [2.45, 2.75) is 0 Å². The van der Waals surface area contributed by atoms with Crippen LogP contribution in [0, 0.1) is 0 Å². The maximum atomic E-state index is 12.9. The Balaban J connectivity index is 1.16. The number of para-hydroxylation sites is 1. The Morgan fingerprint density at radius 2 is 1.74 bits per heavy atom. The van der Waals surface area contributed by atoms with E-state index in [1.807, 2.05) is 54.6 Å². The molecule has 0 unspecified atom stereocenters. The summed E-state index contributed by atoms with van der Waals surface area (Å²) in [7, 11) is 1.62. The van der Waals surface area contributed by atoms with Gasteiger partial charge in [0.25, 0.3) is 5.91 Å². The first-order valence-electron chi connectivity index (χ1n) is 11.4. The zero-order valence-electron chi connectivity index (χ0n) is 19.6. The molecule has 2 N–H and O–H groups in total. The molecule has 9 nitrogen and oxygen atoms in total. The first-order valence-corrected chi connectivity index (χ1v) is 12.3. The first-order chi connectivity index (χ1) is 17.1. The number of hydrogen-bond acceptors (Lipinski definition) is 8. The highest BCUT2D eigenvalue weighted by atomic mass is 32.1. The van der Waals surface area contributed by atoms with Crippen LogP contribution in [0.3, 0.4) is 0 Å². The molecule has 4 rings (SSSR count). The third-order valence-electron chi connectivity index (χ3n) is 5.53. The smallest absolute Gasteiger partial charge is 0.273 e. The summed E-state index contributed by atoms with van der Waals surface area (Å²) in [5, 5.41) is 8.52. The number of methoxy groups -OCH3 is 1. The van der Waals surface area contributed by atoms with Gasteiger partial charge < -0.3 is 25.0 Å². The van der Waals surface area contributed by atoms with Gasteiger partial charge in [0.05, 0.1) is 20.2 Å². The van der Waals surface area contributed by atoms with Crippen LogP contribution in [0.5, 0.6) is 11.5 Å². The molecule has 2 heterocycles. The van der Waals surface area contributed by atoms with Crippen LogP contribution in [0.25, 0.3) is 0 Å². The summed E-state index contributed by atoms with van der Waals surface area (Å²) in [5.41, 5.74) is 1.30. The summed E-state index contributed by atoms with van der Waals surface area (Å²) in [6.07, 6.45) is 0. The summed E-state index contributed by atoms with van der Waals surface area (Å²) < 4.78 is 10.8. The minimum atomic E-state index is -0.0915. The van der Waals surface area contributed by atoms with E-state index in [4.69, 9.17) is 9.47 Å². The maximum Gasteiger partial charge on any atom is 0.273 e. The van der Waals surface area contributed by atoms with Crippen LogP contribution in [-0.2, 0) is 4.79 Å². The van der Waals surface area contributed by atoms with Crippen LogP contribution in [0.1, 0.15) is 10.5 Å². The molecule has 3 aromatic rings. The lowest BCUT2D eigenvalue weighted by Gasteiger charge is -2.33. The molecule has 0 saturated carbocycles. The van der Waals surface area contributed by atoms with E-state index in [0.717, 1.165) is 17.2 Å². The van der Waals surface area contributed by atoms with Gasteiger partial charge in [0.2, 0.25) is 5.91 Å². The van der Waals surface area contributed by atoms with Gasteiger partial charge in [0.15, 0.2) is 5.13 Å². The fraction of sp³-hybridized carbons (Fsp3) is 0.320. The number of carbonyl (C=O) groups excluding carboxylic acids is 2. The number of nitrogens with zero attached hydrogens (tertiary/aromatic N) is 3. The second kappa shape index (κ2) is 12.2. The zero-order chi connectivity index (χ0) is 24.5. The van der Waals surface area contributed by atoms with Crippen molar-refractivity contribution in [3.05, 3.63) is 65.7 Å². The van der Waals surface area contributed by atoms with Gasteiger partial charge in [-0.05, 0) is 36.4 Å². The normalized spacial score (nSPS) is 13.8. The van der Waals surface area contributed by atoms with E-state index in [-0.39, 0.29) is 11.8 Å². The van der Waals surface area contributed by atoms with Crippen LogP contribution < -0.4 is 20.1 Å². The van der Waals surface area contributed by atoms with Gasteiger partial charge in [0.1, 0.15) is 23.8 Å². The molecule has 184 valence electrons. The predicted molar refractivity (Wildman–Crippen MR) is 136 cm³/mol. The van der Waals surface area contributed by atoms with Crippen LogP contribution in [0.4, 0.5) is 10.8 Å². The molecular formula is C25H29N5O4S. The van der Waals surface area contributed by atoms with E-state index in [1.54, 1.807) is 17.4 Å². The Kier molecular flexibility index (Phi) is 8.53. The molecule has 10 heteroatoms. The average Bonchev–Trinajstić information content (AvgIpc) is 3.36. The number of ether oxygens (including phenoxy) is 2. The van der Waals surface area contributed by atoms with Gasteiger partial charge in [-0.2, -0.15) is 0 Å². The van der Waals surface area contributed by atoms with E-state index in [9.17, 15) is 9.59 Å². The van der Waals surface area contributed by atoms with E-state index in [1.165, 1.54) is 11.3 Å². The summed E-state index contributed by atoms with van der Waals surface area (Å²) in [4.78, 5) is 33.4. The second-order valence-corrected chi connectivity index (χ2v) is 8.83. The number of nitrogens with one attached hydrogen (secondary N) is 2. The lowest BCUT2D eigenvalue weighted by molar-refractivity contribution is -0.122. The van der Waals surface area contributed by atoms with Crippen molar-refractivity contribution in [1.82, 2.24) is 20.1 Å². The molecule has 1 aromatic heterocycles. The third-order valence-corrected chi connectivity index (χ3v) is 6.29. The summed E-state index contributed by atoms with van der Waals surface area (Å²) in [6, 6.07) is 17.0. The molecule has 0 radical (unpaired) electrons. The Bertz CT molecular complexity index is 1100. The van der Waals surface area contributed by atoms with Crippen molar-refractivity contribution < 1.29 is 19.1 Å². The predicted octanol–water partition coefficient (Wildman–Crippen LogP) is 2.85. The molecule has 0 spiro atoms. The number of piperazine rings is 1. The number of anilines is 2. The number of amides is 2. The molecule has 35 heavy (non-hydrogen) atoms. The monoisotopic (exact) mass is 495 g/mol. The number of aromatic nitrogens is 1. The molecule has 1 aliphatic rings. The van der Waals surface area contributed by atoms with Gasteiger partial charge in [-0.15, -0.1) is 11.3 Å². The van der Waals surface area contributed by atoms with E-state index in [0.29, 0.717) is 56.7 Å². The summed E-state index contributed by atoms with van der Waals surface area (Å²) >= 11 is 1.39. The topological polar surface area (TPSA) is 96.0 Å². The van der Waals surface area contributed by atoms with Gasteiger partial charge in [0, 0.05) is 37.2 Å². The second-order valence-electron chi connectivity index (χ2n) is 7.97. The number of thiazole rings is 1. The fourth-order valence-electron chi connectivity index (χ4n) is 3.63. The SMILES string of the molecule is COc1ccc(Nc2nc(C(=O)N3CCN(CC(=O)NCCOc4ccccc4)CC3)cs2)cc1. The molecule has 1 saturated heterocycles. The molecule has 2 amide bonds. The van der Waals surface area contributed by atoms with Crippen LogP contribution in [0.15, 0.2) is 60.0 Å². The average molecular weight is 496 g/mol. The number of carbonyl (C=O) groups is 2. The number of benzene rings is 2. The molecule has 1 fully saturated rings. The Morgan fingerprint density at radius 1 is 1.00 bits per heavy atom. The first kappa shape index (κ1) is 24.5. The molecular weight excluding hydrogens is 466 g/mol. The van der Waals surface area contributed by atoms with Crippen LogP contribution >= 0.6 is 11.3 Å². The van der Waals surface area contributed by atoms with Crippen molar-refractivity contribution in [2.24, 2.45) is 0 Å². The molecule has 0 aliphatic carbocycles. The van der Waals surface area contributed by atoms with Crippen molar-refractivity contribution >= 4 is 34.0 Å². The van der Waals surface area contributed by atoms with Crippen molar-refractivity contribution in [3.63, 3.8) is 0 Å². The summed E-state index contributed by atoms with van der Waals surface area (Å²) in [6.45, 7) is 3.56. The van der Waals surface area contributed by atoms with Gasteiger partial charge in [-0.1, -0.05) is 18.2 Å². The molecule has 2 aromatic carbocycles. The highest BCUT2D eigenvalue weighted by Crippen LogP contribution is 2.23. The van der Waals surface area contributed by atoms with Gasteiger partial charge in [-0.3, -0.25) is 14.5 Å². The van der Waals surface area contributed by atoms with Crippen molar-refractivity contribution in [3.8, 4) is 11.5 Å². The van der Waals surface area contributed by atoms with Crippen molar-refractivity contribution in [1.29, 1.82) is 0 Å². The van der Waals surface area contributed by atoms with Crippen molar-refractivity contribution in [2.75, 3.05) is 58.3 Å².